The van der Waals surface area contributed by atoms with Crippen molar-refractivity contribution in [1.82, 2.24) is 19.7 Å². The summed E-state index contributed by atoms with van der Waals surface area (Å²) in [5, 5.41) is 3.36. The van der Waals surface area contributed by atoms with Crippen molar-refractivity contribution in [3.63, 3.8) is 0 Å². The van der Waals surface area contributed by atoms with Crippen LogP contribution in [0.25, 0.3) is 5.65 Å². The first-order chi connectivity index (χ1) is 6.45. The molecule has 1 fully saturated rings. The predicted octanol–water partition coefficient (Wildman–Crippen LogP) is 0.764. The van der Waals surface area contributed by atoms with Crippen LogP contribution in [-0.4, -0.2) is 20.9 Å². The summed E-state index contributed by atoms with van der Waals surface area (Å²) in [4.78, 5) is 8.31. The third-order valence-corrected chi connectivity index (χ3v) is 2.53. The van der Waals surface area contributed by atoms with Gasteiger partial charge in [-0.15, -0.1) is 0 Å². The minimum atomic E-state index is 0.484. The van der Waals surface area contributed by atoms with Gasteiger partial charge in [0.05, 0.1) is 24.1 Å². The lowest BCUT2D eigenvalue weighted by Crippen LogP contribution is -2.35. The average molecular weight is 174 g/mol. The Balaban J connectivity index is 2.17. The van der Waals surface area contributed by atoms with Crippen molar-refractivity contribution < 1.29 is 0 Å². The summed E-state index contributed by atoms with van der Waals surface area (Å²) in [6, 6.07) is 0.484. The minimum Gasteiger partial charge on any atom is -0.309 e. The molecule has 2 aromatic rings. The van der Waals surface area contributed by atoms with Crippen LogP contribution >= 0.6 is 0 Å². The Kier molecular flexibility index (Phi) is 1.37. The molecule has 1 aliphatic rings. The molecule has 2 aromatic heterocycles. The summed E-state index contributed by atoms with van der Waals surface area (Å²) in [6.45, 7) is 1.11. The molecule has 3 rings (SSSR count). The van der Waals surface area contributed by atoms with Gasteiger partial charge in [-0.25, -0.2) is 4.98 Å². The molecule has 1 saturated heterocycles. The standard InChI is InChI=1S/C9H10N4/c1-2-11-7(1)8-5-12-9-6-10-3-4-13(8)9/h3-7,11H,1-2H2. The molecule has 0 aliphatic carbocycles. The van der Waals surface area contributed by atoms with Crippen LogP contribution in [0.15, 0.2) is 24.8 Å². The summed E-state index contributed by atoms with van der Waals surface area (Å²) in [5.74, 6) is 0. The van der Waals surface area contributed by atoms with Crippen LogP contribution in [0.4, 0.5) is 0 Å². The molecule has 0 spiro atoms. The van der Waals surface area contributed by atoms with E-state index in [9.17, 15) is 0 Å². The molecule has 0 aromatic carbocycles. The molecule has 1 atom stereocenters. The number of nitrogens with one attached hydrogen (secondary N) is 1. The Morgan fingerprint density at radius 2 is 2.38 bits per heavy atom. The van der Waals surface area contributed by atoms with Crippen molar-refractivity contribution in [3.05, 3.63) is 30.5 Å². The first-order valence-corrected chi connectivity index (χ1v) is 4.45. The SMILES string of the molecule is c1cn2c(C3CCN3)cnc2cn1. The van der Waals surface area contributed by atoms with E-state index in [1.54, 1.807) is 12.4 Å². The molecule has 4 heteroatoms. The van der Waals surface area contributed by atoms with E-state index in [1.807, 2.05) is 12.4 Å². The fraction of sp³-hybridized carbons (Fsp3) is 0.333. The van der Waals surface area contributed by atoms with E-state index in [4.69, 9.17) is 0 Å². The monoisotopic (exact) mass is 174 g/mol. The molecule has 1 N–H and O–H groups in total. The van der Waals surface area contributed by atoms with Gasteiger partial charge < -0.3 is 5.32 Å². The predicted molar refractivity (Wildman–Crippen MR) is 48.3 cm³/mol. The van der Waals surface area contributed by atoms with Gasteiger partial charge in [0.25, 0.3) is 0 Å². The maximum atomic E-state index is 4.28. The van der Waals surface area contributed by atoms with E-state index in [0.717, 1.165) is 12.2 Å². The molecule has 1 unspecified atom stereocenters. The highest BCUT2D eigenvalue weighted by atomic mass is 15.1. The van der Waals surface area contributed by atoms with E-state index in [2.05, 4.69) is 19.7 Å². The Bertz CT molecular complexity index is 430. The molecule has 0 bridgehead atoms. The number of hydrogen-bond donors (Lipinski definition) is 1. The summed E-state index contributed by atoms with van der Waals surface area (Å²) in [5.41, 5.74) is 2.16. The van der Waals surface area contributed by atoms with Gasteiger partial charge in [0.2, 0.25) is 0 Å². The molecule has 13 heavy (non-hydrogen) atoms. The minimum absolute atomic E-state index is 0.484. The van der Waals surface area contributed by atoms with Crippen molar-refractivity contribution in [1.29, 1.82) is 0 Å². The molecular formula is C9H10N4. The second kappa shape index (κ2) is 2.53. The smallest absolute Gasteiger partial charge is 0.155 e. The molecule has 0 amide bonds. The van der Waals surface area contributed by atoms with Crippen molar-refractivity contribution in [2.75, 3.05) is 6.54 Å². The van der Waals surface area contributed by atoms with Gasteiger partial charge in [-0.05, 0) is 13.0 Å². The molecular weight excluding hydrogens is 164 g/mol. The van der Waals surface area contributed by atoms with Gasteiger partial charge in [0, 0.05) is 12.4 Å². The zero-order valence-corrected chi connectivity index (χ0v) is 7.14. The van der Waals surface area contributed by atoms with E-state index >= 15 is 0 Å². The number of hydrogen-bond acceptors (Lipinski definition) is 3. The second-order valence-corrected chi connectivity index (χ2v) is 3.28. The highest BCUT2D eigenvalue weighted by Gasteiger charge is 2.21. The summed E-state index contributed by atoms with van der Waals surface area (Å²) < 4.78 is 2.09. The van der Waals surface area contributed by atoms with Gasteiger partial charge in [-0.3, -0.25) is 9.38 Å². The Morgan fingerprint density at radius 3 is 3.15 bits per heavy atom. The van der Waals surface area contributed by atoms with Crippen molar-refractivity contribution in [2.24, 2.45) is 0 Å². The molecule has 66 valence electrons. The van der Waals surface area contributed by atoms with Gasteiger partial charge in [0.15, 0.2) is 5.65 Å². The quantitative estimate of drug-likeness (QED) is 0.694. The van der Waals surface area contributed by atoms with E-state index in [-0.39, 0.29) is 0 Å². The van der Waals surface area contributed by atoms with Crippen LogP contribution in [0, 0.1) is 0 Å². The Morgan fingerprint density at radius 1 is 1.46 bits per heavy atom. The average Bonchev–Trinajstić information content (AvgIpc) is 2.47. The lowest BCUT2D eigenvalue weighted by molar-refractivity contribution is 0.373. The zero-order chi connectivity index (χ0) is 8.67. The Hall–Kier alpha value is -1.42. The van der Waals surface area contributed by atoms with Crippen molar-refractivity contribution in [2.45, 2.75) is 12.5 Å². The Labute approximate surface area is 75.6 Å². The van der Waals surface area contributed by atoms with Crippen molar-refractivity contribution >= 4 is 5.65 Å². The van der Waals surface area contributed by atoms with Gasteiger partial charge >= 0.3 is 0 Å². The van der Waals surface area contributed by atoms with Crippen LogP contribution < -0.4 is 5.32 Å². The highest BCUT2D eigenvalue weighted by Crippen LogP contribution is 2.22. The first kappa shape index (κ1) is 7.03. The zero-order valence-electron chi connectivity index (χ0n) is 7.14. The summed E-state index contributed by atoms with van der Waals surface area (Å²) in [6.07, 6.45) is 8.65. The fourth-order valence-corrected chi connectivity index (χ4v) is 1.66. The van der Waals surface area contributed by atoms with Crippen LogP contribution in [-0.2, 0) is 0 Å². The van der Waals surface area contributed by atoms with Gasteiger partial charge in [0.1, 0.15) is 0 Å². The van der Waals surface area contributed by atoms with Crippen molar-refractivity contribution in [3.8, 4) is 0 Å². The molecule has 3 heterocycles. The fourth-order valence-electron chi connectivity index (χ4n) is 1.66. The van der Waals surface area contributed by atoms with Gasteiger partial charge in [-0.2, -0.15) is 0 Å². The number of imidazole rings is 1. The van der Waals surface area contributed by atoms with E-state index in [0.29, 0.717) is 6.04 Å². The lowest BCUT2D eigenvalue weighted by Gasteiger charge is -2.26. The number of rotatable bonds is 1. The van der Waals surface area contributed by atoms with E-state index in [1.165, 1.54) is 12.1 Å². The van der Waals surface area contributed by atoms with Crippen LogP contribution in [0.2, 0.25) is 0 Å². The maximum absolute atomic E-state index is 4.28. The molecule has 1 aliphatic heterocycles. The first-order valence-electron chi connectivity index (χ1n) is 4.45. The highest BCUT2D eigenvalue weighted by molar-refractivity contribution is 5.38. The molecule has 4 nitrogen and oxygen atoms in total. The van der Waals surface area contributed by atoms with Crippen LogP contribution in [0.1, 0.15) is 18.2 Å². The topological polar surface area (TPSA) is 42.2 Å². The summed E-state index contributed by atoms with van der Waals surface area (Å²) in [7, 11) is 0. The van der Waals surface area contributed by atoms with Crippen LogP contribution in [0.5, 0.6) is 0 Å². The summed E-state index contributed by atoms with van der Waals surface area (Å²) >= 11 is 0. The third-order valence-electron chi connectivity index (χ3n) is 2.53. The number of nitrogens with zero attached hydrogens (tertiary/aromatic N) is 3. The maximum Gasteiger partial charge on any atom is 0.155 e. The number of fused-ring (bicyclic) bond motifs is 1. The third kappa shape index (κ3) is 0.954. The van der Waals surface area contributed by atoms with E-state index < -0.39 is 0 Å². The molecule has 0 saturated carbocycles. The lowest BCUT2D eigenvalue weighted by atomic mass is 10.0. The number of aromatic nitrogens is 3. The normalized spacial score (nSPS) is 21.7. The second-order valence-electron chi connectivity index (χ2n) is 3.28. The van der Waals surface area contributed by atoms with Gasteiger partial charge in [-0.1, -0.05) is 0 Å². The molecule has 0 radical (unpaired) electrons. The largest absolute Gasteiger partial charge is 0.309 e. The van der Waals surface area contributed by atoms with Crippen LogP contribution in [0.3, 0.4) is 0 Å².